The average Bonchev–Trinajstić information content (AvgIpc) is 3.00. The van der Waals surface area contributed by atoms with Gasteiger partial charge in [-0.25, -0.2) is 9.97 Å². The maximum Gasteiger partial charge on any atom is 0.0998 e. The number of nitrogen functional groups attached to an aromatic ring is 1. The number of imidazole rings is 1. The molecule has 0 unspecified atom stereocenters. The maximum atomic E-state index is 6.25. The van der Waals surface area contributed by atoms with Crippen LogP contribution in [0.5, 0.6) is 0 Å². The van der Waals surface area contributed by atoms with Gasteiger partial charge < -0.3 is 10.3 Å². The third-order valence-electron chi connectivity index (χ3n) is 3.93. The van der Waals surface area contributed by atoms with Gasteiger partial charge in [0.2, 0.25) is 0 Å². The summed E-state index contributed by atoms with van der Waals surface area (Å²) in [5.41, 5.74) is 11.6. The van der Waals surface area contributed by atoms with Crippen LogP contribution >= 0.6 is 11.3 Å². The molecule has 2 aromatic heterocycles. The molecule has 1 aromatic carbocycles. The number of rotatable bonds is 1. The number of hydrogen-bond donors (Lipinski definition) is 1. The van der Waals surface area contributed by atoms with Crippen molar-refractivity contribution in [3.8, 4) is 5.69 Å². The van der Waals surface area contributed by atoms with Gasteiger partial charge in [0.15, 0.2) is 0 Å². The topological polar surface area (TPSA) is 56.7 Å². The van der Waals surface area contributed by atoms with E-state index in [4.69, 9.17) is 5.73 Å². The van der Waals surface area contributed by atoms with Crippen molar-refractivity contribution in [3.05, 3.63) is 34.9 Å². The summed E-state index contributed by atoms with van der Waals surface area (Å²) in [4.78, 5) is 9.12. The minimum absolute atomic E-state index is 0.798. The monoisotopic (exact) mass is 284 g/mol. The van der Waals surface area contributed by atoms with Crippen LogP contribution in [0.25, 0.3) is 15.9 Å². The Kier molecular flexibility index (Phi) is 2.57. The molecule has 1 aliphatic carbocycles. The van der Waals surface area contributed by atoms with Gasteiger partial charge in [0.05, 0.1) is 38.6 Å². The number of benzene rings is 1. The van der Waals surface area contributed by atoms with Crippen molar-refractivity contribution in [3.63, 3.8) is 0 Å². The molecule has 0 saturated heterocycles. The van der Waals surface area contributed by atoms with Crippen molar-refractivity contribution in [2.24, 2.45) is 0 Å². The molecule has 102 valence electrons. The highest BCUT2D eigenvalue weighted by Gasteiger charge is 2.18. The Morgan fingerprint density at radius 1 is 1.25 bits per heavy atom. The van der Waals surface area contributed by atoms with Crippen molar-refractivity contribution < 1.29 is 0 Å². The predicted molar refractivity (Wildman–Crippen MR) is 82.5 cm³/mol. The lowest BCUT2D eigenvalue weighted by molar-refractivity contribution is 0.656. The Labute approximate surface area is 121 Å². The quantitative estimate of drug-likeness (QED) is 0.698. The number of aromatic nitrogens is 3. The normalized spacial score (nSPS) is 14.7. The molecule has 0 aliphatic heterocycles. The zero-order valence-electron chi connectivity index (χ0n) is 11.4. The molecule has 5 heteroatoms. The predicted octanol–water partition coefficient (Wildman–Crippen LogP) is 3.25. The lowest BCUT2D eigenvalue weighted by atomic mass is 10.0. The van der Waals surface area contributed by atoms with Gasteiger partial charge in [-0.05, 0) is 44.7 Å². The smallest absolute Gasteiger partial charge is 0.0998 e. The minimum atomic E-state index is 0.798. The molecule has 0 fully saturated rings. The number of aryl methyl sites for hydroxylation is 2. The van der Waals surface area contributed by atoms with Gasteiger partial charge >= 0.3 is 0 Å². The fourth-order valence-electron chi connectivity index (χ4n) is 2.98. The second-order valence-corrected chi connectivity index (χ2v) is 6.56. The Morgan fingerprint density at radius 2 is 2.10 bits per heavy atom. The molecule has 0 atom stereocenters. The fourth-order valence-corrected chi connectivity index (χ4v) is 3.84. The number of anilines is 1. The van der Waals surface area contributed by atoms with Crippen molar-refractivity contribution in [1.82, 2.24) is 14.5 Å². The van der Waals surface area contributed by atoms with Crippen molar-refractivity contribution >= 4 is 27.2 Å². The molecule has 0 bridgehead atoms. The molecule has 1 aliphatic rings. The Bertz CT molecular complexity index is 800. The van der Waals surface area contributed by atoms with Gasteiger partial charge in [-0.15, -0.1) is 11.3 Å². The van der Waals surface area contributed by atoms with Crippen LogP contribution in [0, 0.1) is 6.92 Å². The van der Waals surface area contributed by atoms with E-state index in [0.717, 1.165) is 39.4 Å². The van der Waals surface area contributed by atoms with Crippen molar-refractivity contribution in [2.75, 3.05) is 5.73 Å². The van der Waals surface area contributed by atoms with Gasteiger partial charge in [-0.3, -0.25) is 0 Å². The zero-order valence-corrected chi connectivity index (χ0v) is 12.2. The summed E-state index contributed by atoms with van der Waals surface area (Å²) in [7, 11) is 0. The van der Waals surface area contributed by atoms with E-state index in [-0.39, 0.29) is 0 Å². The number of nitrogens with zero attached hydrogens (tertiary/aromatic N) is 3. The van der Waals surface area contributed by atoms with E-state index in [1.165, 1.54) is 24.2 Å². The first-order valence-corrected chi connectivity index (χ1v) is 7.76. The summed E-state index contributed by atoms with van der Waals surface area (Å²) in [6.07, 6.45) is 6.55. The summed E-state index contributed by atoms with van der Waals surface area (Å²) in [5.74, 6) is 0. The average molecular weight is 284 g/mol. The molecule has 0 amide bonds. The molecule has 2 N–H and O–H groups in total. The highest BCUT2D eigenvalue weighted by atomic mass is 32.1. The van der Waals surface area contributed by atoms with Crippen LogP contribution < -0.4 is 5.73 Å². The molecular formula is C15H16N4S. The van der Waals surface area contributed by atoms with Gasteiger partial charge in [-0.2, -0.15) is 0 Å². The van der Waals surface area contributed by atoms with E-state index in [0.29, 0.717) is 0 Å². The molecule has 4 nitrogen and oxygen atoms in total. The highest BCUT2D eigenvalue weighted by Crippen LogP contribution is 2.31. The van der Waals surface area contributed by atoms with Crippen LogP contribution in [0.2, 0.25) is 0 Å². The summed E-state index contributed by atoms with van der Waals surface area (Å²) in [6, 6.07) is 4.12. The zero-order chi connectivity index (χ0) is 13.7. The first-order chi connectivity index (χ1) is 9.72. The van der Waals surface area contributed by atoms with E-state index < -0.39 is 0 Å². The van der Waals surface area contributed by atoms with E-state index in [1.54, 1.807) is 11.3 Å². The molecule has 0 spiro atoms. The summed E-state index contributed by atoms with van der Waals surface area (Å²) in [5, 5.41) is 1.07. The third kappa shape index (κ3) is 1.73. The Morgan fingerprint density at radius 3 is 3.00 bits per heavy atom. The number of hydrogen-bond acceptors (Lipinski definition) is 4. The van der Waals surface area contributed by atoms with Crippen molar-refractivity contribution in [2.45, 2.75) is 32.6 Å². The number of thiazole rings is 1. The SMILES string of the molecule is Cc1nc2cc(-n3cnc4c3CCCC4)c(N)cc2s1. The van der Waals surface area contributed by atoms with Crippen LogP contribution in [0.4, 0.5) is 5.69 Å². The molecule has 20 heavy (non-hydrogen) atoms. The molecule has 0 radical (unpaired) electrons. The number of nitrogens with two attached hydrogens (primary N) is 1. The second kappa shape index (κ2) is 4.31. The lowest BCUT2D eigenvalue weighted by Crippen LogP contribution is -2.08. The van der Waals surface area contributed by atoms with E-state index in [9.17, 15) is 0 Å². The first-order valence-electron chi connectivity index (χ1n) is 6.94. The molecule has 4 rings (SSSR count). The largest absolute Gasteiger partial charge is 0.397 e. The van der Waals surface area contributed by atoms with Gasteiger partial charge in [0.25, 0.3) is 0 Å². The summed E-state index contributed by atoms with van der Waals surface area (Å²) in [6.45, 7) is 2.03. The van der Waals surface area contributed by atoms with E-state index in [1.807, 2.05) is 19.3 Å². The van der Waals surface area contributed by atoms with Gasteiger partial charge in [0, 0.05) is 5.69 Å². The minimum Gasteiger partial charge on any atom is -0.397 e. The molecule has 0 saturated carbocycles. The Hall–Kier alpha value is -1.88. The van der Waals surface area contributed by atoms with Crippen LogP contribution in [0.1, 0.15) is 29.2 Å². The second-order valence-electron chi connectivity index (χ2n) is 5.33. The highest BCUT2D eigenvalue weighted by molar-refractivity contribution is 7.18. The van der Waals surface area contributed by atoms with E-state index in [2.05, 4.69) is 20.6 Å². The van der Waals surface area contributed by atoms with Gasteiger partial charge in [0.1, 0.15) is 0 Å². The maximum absolute atomic E-state index is 6.25. The third-order valence-corrected chi connectivity index (χ3v) is 4.87. The van der Waals surface area contributed by atoms with Crippen LogP contribution in [0.15, 0.2) is 18.5 Å². The van der Waals surface area contributed by atoms with Crippen LogP contribution in [0.3, 0.4) is 0 Å². The van der Waals surface area contributed by atoms with Crippen LogP contribution in [-0.2, 0) is 12.8 Å². The number of fused-ring (bicyclic) bond motifs is 2. The summed E-state index contributed by atoms with van der Waals surface area (Å²) >= 11 is 1.69. The first kappa shape index (κ1) is 11.9. The Balaban J connectivity index is 1.93. The molecule has 3 aromatic rings. The van der Waals surface area contributed by atoms with Crippen LogP contribution in [-0.4, -0.2) is 14.5 Å². The standard InChI is InChI=1S/C15H16N4S/c1-9-18-12-7-14(10(16)6-15(12)20-9)19-8-17-11-4-2-3-5-13(11)19/h6-8H,2-5,16H2,1H3. The van der Waals surface area contributed by atoms with Gasteiger partial charge in [-0.1, -0.05) is 0 Å². The fraction of sp³-hybridized carbons (Fsp3) is 0.333. The lowest BCUT2D eigenvalue weighted by Gasteiger charge is -2.15. The molecule has 2 heterocycles. The summed E-state index contributed by atoms with van der Waals surface area (Å²) < 4.78 is 3.30. The molecular weight excluding hydrogens is 268 g/mol. The van der Waals surface area contributed by atoms with E-state index >= 15 is 0 Å². The van der Waals surface area contributed by atoms with Crippen molar-refractivity contribution in [1.29, 1.82) is 0 Å².